The minimum Gasteiger partial charge on any atom is -0.494 e. The molecule has 0 saturated heterocycles. The third-order valence-electron chi connectivity index (χ3n) is 3.96. The SMILES string of the molecule is CCOc1ccc(NC(C)C(=O)Nc2ccc3ccccc3c2)cc1. The molecular weight excluding hydrogens is 312 g/mol. The Labute approximate surface area is 147 Å². The zero-order valence-corrected chi connectivity index (χ0v) is 14.5. The van der Waals surface area contributed by atoms with Crippen molar-refractivity contribution in [2.75, 3.05) is 17.2 Å². The fraction of sp³-hybridized carbons (Fsp3) is 0.190. The molecule has 3 aromatic carbocycles. The fourth-order valence-electron chi connectivity index (χ4n) is 2.65. The lowest BCUT2D eigenvalue weighted by Crippen LogP contribution is -2.31. The largest absolute Gasteiger partial charge is 0.494 e. The minimum absolute atomic E-state index is 0.0795. The van der Waals surface area contributed by atoms with Crippen LogP contribution in [-0.4, -0.2) is 18.6 Å². The van der Waals surface area contributed by atoms with Crippen LogP contribution in [0.4, 0.5) is 11.4 Å². The van der Waals surface area contributed by atoms with Gasteiger partial charge >= 0.3 is 0 Å². The monoisotopic (exact) mass is 334 g/mol. The quantitative estimate of drug-likeness (QED) is 0.688. The highest BCUT2D eigenvalue weighted by molar-refractivity contribution is 5.98. The summed E-state index contributed by atoms with van der Waals surface area (Å²) in [5.74, 6) is 0.741. The number of fused-ring (bicyclic) bond motifs is 1. The first-order chi connectivity index (χ1) is 12.2. The van der Waals surface area contributed by atoms with E-state index in [-0.39, 0.29) is 11.9 Å². The van der Waals surface area contributed by atoms with Crippen LogP contribution in [-0.2, 0) is 4.79 Å². The third kappa shape index (κ3) is 4.29. The Kier molecular flexibility index (Phi) is 5.19. The maximum absolute atomic E-state index is 12.4. The number of carbonyl (C=O) groups excluding carboxylic acids is 1. The molecule has 2 N–H and O–H groups in total. The minimum atomic E-state index is -0.357. The molecule has 4 heteroatoms. The van der Waals surface area contributed by atoms with Gasteiger partial charge in [-0.05, 0) is 61.0 Å². The van der Waals surface area contributed by atoms with Crippen LogP contribution < -0.4 is 15.4 Å². The Hall–Kier alpha value is -3.01. The number of amides is 1. The second-order valence-electron chi connectivity index (χ2n) is 5.87. The van der Waals surface area contributed by atoms with E-state index in [4.69, 9.17) is 4.74 Å². The van der Waals surface area contributed by atoms with Gasteiger partial charge in [-0.3, -0.25) is 4.79 Å². The van der Waals surface area contributed by atoms with E-state index >= 15 is 0 Å². The first kappa shape index (κ1) is 16.8. The van der Waals surface area contributed by atoms with Gasteiger partial charge in [-0.25, -0.2) is 0 Å². The summed E-state index contributed by atoms with van der Waals surface area (Å²) >= 11 is 0. The summed E-state index contributed by atoms with van der Waals surface area (Å²) in [4.78, 5) is 12.4. The number of rotatable bonds is 6. The number of carbonyl (C=O) groups is 1. The number of hydrogen-bond acceptors (Lipinski definition) is 3. The van der Waals surface area contributed by atoms with Crippen molar-refractivity contribution in [2.45, 2.75) is 19.9 Å². The smallest absolute Gasteiger partial charge is 0.246 e. The number of hydrogen-bond donors (Lipinski definition) is 2. The molecule has 3 aromatic rings. The molecule has 0 spiro atoms. The van der Waals surface area contributed by atoms with Gasteiger partial charge < -0.3 is 15.4 Å². The summed E-state index contributed by atoms with van der Waals surface area (Å²) < 4.78 is 5.42. The summed E-state index contributed by atoms with van der Waals surface area (Å²) in [6.45, 7) is 4.43. The highest BCUT2D eigenvalue weighted by Gasteiger charge is 2.13. The molecule has 3 rings (SSSR count). The van der Waals surface area contributed by atoms with Gasteiger partial charge in [0.15, 0.2) is 0 Å². The predicted molar refractivity (Wildman–Crippen MR) is 103 cm³/mol. The normalized spacial score (nSPS) is 11.8. The number of benzene rings is 3. The Morgan fingerprint density at radius 2 is 1.64 bits per heavy atom. The van der Waals surface area contributed by atoms with Crippen molar-refractivity contribution in [3.05, 3.63) is 66.7 Å². The molecule has 0 saturated carbocycles. The zero-order chi connectivity index (χ0) is 17.6. The van der Waals surface area contributed by atoms with E-state index in [1.54, 1.807) is 0 Å². The van der Waals surface area contributed by atoms with Crippen LogP contribution >= 0.6 is 0 Å². The average molecular weight is 334 g/mol. The molecule has 0 radical (unpaired) electrons. The van der Waals surface area contributed by atoms with Crippen molar-refractivity contribution >= 4 is 28.1 Å². The van der Waals surface area contributed by atoms with Gasteiger partial charge in [-0.2, -0.15) is 0 Å². The number of anilines is 2. The molecule has 0 aliphatic rings. The van der Waals surface area contributed by atoms with E-state index in [0.717, 1.165) is 27.9 Å². The van der Waals surface area contributed by atoms with E-state index in [1.165, 1.54) is 0 Å². The molecule has 1 atom stereocenters. The van der Waals surface area contributed by atoms with Crippen molar-refractivity contribution in [3.8, 4) is 5.75 Å². The van der Waals surface area contributed by atoms with E-state index in [9.17, 15) is 4.79 Å². The summed E-state index contributed by atoms with van der Waals surface area (Å²) in [5.41, 5.74) is 1.67. The van der Waals surface area contributed by atoms with E-state index in [0.29, 0.717) is 6.61 Å². The molecule has 4 nitrogen and oxygen atoms in total. The van der Waals surface area contributed by atoms with Crippen LogP contribution in [0.25, 0.3) is 10.8 Å². The highest BCUT2D eigenvalue weighted by atomic mass is 16.5. The summed E-state index contributed by atoms with van der Waals surface area (Å²) in [6.07, 6.45) is 0. The number of nitrogens with one attached hydrogen (secondary N) is 2. The van der Waals surface area contributed by atoms with Crippen molar-refractivity contribution in [2.24, 2.45) is 0 Å². The topological polar surface area (TPSA) is 50.4 Å². The molecule has 0 heterocycles. The second kappa shape index (κ2) is 7.71. The Bertz CT molecular complexity index is 859. The van der Waals surface area contributed by atoms with Crippen LogP contribution in [0, 0.1) is 0 Å². The number of ether oxygens (including phenoxy) is 1. The maximum Gasteiger partial charge on any atom is 0.246 e. The Morgan fingerprint density at radius 3 is 2.36 bits per heavy atom. The lowest BCUT2D eigenvalue weighted by Gasteiger charge is -2.16. The van der Waals surface area contributed by atoms with Crippen LogP contribution in [0.5, 0.6) is 5.75 Å². The highest BCUT2D eigenvalue weighted by Crippen LogP contribution is 2.20. The van der Waals surface area contributed by atoms with Gasteiger partial charge in [-0.15, -0.1) is 0 Å². The van der Waals surface area contributed by atoms with E-state index in [1.807, 2.05) is 74.5 Å². The zero-order valence-electron chi connectivity index (χ0n) is 14.5. The van der Waals surface area contributed by atoms with Gasteiger partial charge in [0.2, 0.25) is 5.91 Å². The fourth-order valence-corrected chi connectivity index (χ4v) is 2.65. The third-order valence-corrected chi connectivity index (χ3v) is 3.96. The predicted octanol–water partition coefficient (Wildman–Crippen LogP) is 4.68. The van der Waals surface area contributed by atoms with E-state index in [2.05, 4.69) is 16.7 Å². The lowest BCUT2D eigenvalue weighted by molar-refractivity contribution is -0.116. The molecule has 0 fully saturated rings. The molecular formula is C21H22N2O2. The van der Waals surface area contributed by atoms with Crippen molar-refractivity contribution < 1.29 is 9.53 Å². The van der Waals surface area contributed by atoms with Gasteiger partial charge in [0.1, 0.15) is 11.8 Å². The first-order valence-corrected chi connectivity index (χ1v) is 8.45. The van der Waals surface area contributed by atoms with Crippen molar-refractivity contribution in [1.82, 2.24) is 0 Å². The average Bonchev–Trinajstić information content (AvgIpc) is 2.63. The summed E-state index contributed by atoms with van der Waals surface area (Å²) in [7, 11) is 0. The van der Waals surface area contributed by atoms with Crippen molar-refractivity contribution in [3.63, 3.8) is 0 Å². The van der Waals surface area contributed by atoms with Crippen LogP contribution in [0.15, 0.2) is 66.7 Å². The molecule has 0 aliphatic heterocycles. The lowest BCUT2D eigenvalue weighted by atomic mass is 10.1. The molecule has 0 aromatic heterocycles. The molecule has 25 heavy (non-hydrogen) atoms. The molecule has 0 bridgehead atoms. The molecule has 0 aliphatic carbocycles. The van der Waals surface area contributed by atoms with Crippen molar-refractivity contribution in [1.29, 1.82) is 0 Å². The molecule has 128 valence electrons. The van der Waals surface area contributed by atoms with E-state index < -0.39 is 0 Å². The summed E-state index contributed by atoms with van der Waals surface area (Å²) in [5, 5.41) is 8.42. The van der Waals surface area contributed by atoms with Gasteiger partial charge in [-0.1, -0.05) is 30.3 Å². The maximum atomic E-state index is 12.4. The van der Waals surface area contributed by atoms with Gasteiger partial charge in [0, 0.05) is 11.4 Å². The Balaban J connectivity index is 1.63. The summed E-state index contributed by atoms with van der Waals surface area (Å²) in [6, 6.07) is 21.2. The second-order valence-corrected chi connectivity index (χ2v) is 5.87. The van der Waals surface area contributed by atoms with Crippen LogP contribution in [0.2, 0.25) is 0 Å². The molecule has 1 unspecified atom stereocenters. The van der Waals surface area contributed by atoms with Crippen LogP contribution in [0.1, 0.15) is 13.8 Å². The standard InChI is InChI=1S/C21H22N2O2/c1-3-25-20-12-10-18(11-13-20)22-15(2)21(24)23-19-9-8-16-6-4-5-7-17(16)14-19/h4-15,22H,3H2,1-2H3,(H,23,24). The molecule has 1 amide bonds. The van der Waals surface area contributed by atoms with Gasteiger partial charge in [0.25, 0.3) is 0 Å². The Morgan fingerprint density at radius 1 is 0.960 bits per heavy atom. The van der Waals surface area contributed by atoms with Gasteiger partial charge in [0.05, 0.1) is 6.61 Å². The van der Waals surface area contributed by atoms with Crippen LogP contribution in [0.3, 0.4) is 0 Å². The first-order valence-electron chi connectivity index (χ1n) is 8.45.